The number of carbonyl (C=O) groups is 2. The summed E-state index contributed by atoms with van der Waals surface area (Å²) in [5.41, 5.74) is 6.20. The second-order valence-corrected chi connectivity index (χ2v) is 11.8. The zero-order chi connectivity index (χ0) is 29.5. The minimum absolute atomic E-state index is 0.305. The van der Waals surface area contributed by atoms with Crippen molar-refractivity contribution in [2.24, 2.45) is 0 Å². The maximum Gasteiger partial charge on any atom is 0.276 e. The van der Waals surface area contributed by atoms with Crippen LogP contribution in [-0.2, 0) is 5.75 Å². The van der Waals surface area contributed by atoms with Crippen molar-refractivity contribution in [1.82, 2.24) is 15.4 Å². The normalized spacial score (nSPS) is 14.1. The molecule has 1 unspecified atom stereocenters. The van der Waals surface area contributed by atoms with Crippen molar-refractivity contribution < 1.29 is 19.1 Å². The van der Waals surface area contributed by atoms with Crippen LogP contribution in [0.25, 0.3) is 0 Å². The lowest BCUT2D eigenvalue weighted by atomic mass is 10.0. The number of rotatable bonds is 11. The zero-order valence-corrected chi connectivity index (χ0v) is 26.3. The molecular formula is C32H31IN4O4S. The highest BCUT2D eigenvalue weighted by Gasteiger charge is 2.35. The first-order valence-electron chi connectivity index (χ1n) is 13.6. The summed E-state index contributed by atoms with van der Waals surface area (Å²) in [6.07, 6.45) is 3.11. The summed E-state index contributed by atoms with van der Waals surface area (Å²) in [6, 6.07) is 24.2. The molecule has 1 atom stereocenters. The van der Waals surface area contributed by atoms with Crippen LogP contribution in [0.3, 0.4) is 0 Å². The quantitative estimate of drug-likeness (QED) is 0.0986. The van der Waals surface area contributed by atoms with Crippen molar-refractivity contribution in [3.8, 4) is 11.5 Å². The van der Waals surface area contributed by atoms with Crippen LogP contribution in [0.15, 0.2) is 90.1 Å². The van der Waals surface area contributed by atoms with E-state index in [0.29, 0.717) is 34.9 Å². The van der Waals surface area contributed by atoms with Crippen molar-refractivity contribution in [3.63, 3.8) is 0 Å². The Morgan fingerprint density at radius 2 is 1.93 bits per heavy atom. The molecule has 5 rings (SSSR count). The van der Waals surface area contributed by atoms with E-state index in [-0.39, 0.29) is 5.91 Å². The maximum atomic E-state index is 13.8. The number of hydrogen-bond donors (Lipinski definition) is 2. The predicted octanol–water partition coefficient (Wildman–Crippen LogP) is 7.08. The number of anilines is 1. The topological polar surface area (TPSA) is 92.8 Å². The van der Waals surface area contributed by atoms with Gasteiger partial charge in [0, 0.05) is 32.3 Å². The SMILES string of the molecule is CCCCOc1ccc(C(=O)NN2C(=O)c3cc(I)ccc3NC2c2ccc(OC)c(CSc3ccccn3)c2)cc1. The fraction of sp³-hybridized carbons (Fsp3) is 0.219. The van der Waals surface area contributed by atoms with E-state index in [9.17, 15) is 9.59 Å². The zero-order valence-electron chi connectivity index (χ0n) is 23.3. The van der Waals surface area contributed by atoms with Crippen LogP contribution >= 0.6 is 34.4 Å². The van der Waals surface area contributed by atoms with E-state index in [1.807, 2.05) is 54.6 Å². The lowest BCUT2D eigenvalue weighted by molar-refractivity contribution is 0.0490. The highest BCUT2D eigenvalue weighted by Crippen LogP contribution is 2.36. The molecule has 42 heavy (non-hydrogen) atoms. The molecule has 0 aliphatic carbocycles. The molecule has 0 fully saturated rings. The number of fused-ring (bicyclic) bond motifs is 1. The third kappa shape index (κ3) is 6.99. The average molecular weight is 695 g/mol. The van der Waals surface area contributed by atoms with Crippen molar-refractivity contribution in [1.29, 1.82) is 0 Å². The van der Waals surface area contributed by atoms with Crippen molar-refractivity contribution in [2.75, 3.05) is 19.0 Å². The molecule has 1 aromatic heterocycles. The van der Waals surface area contributed by atoms with Crippen LogP contribution in [0.1, 0.15) is 57.8 Å². The number of hydrazine groups is 1. The molecule has 0 bridgehead atoms. The molecule has 2 N–H and O–H groups in total. The first-order valence-corrected chi connectivity index (χ1v) is 15.7. The van der Waals surface area contributed by atoms with Crippen LogP contribution in [0.4, 0.5) is 5.69 Å². The maximum absolute atomic E-state index is 13.8. The third-order valence-electron chi connectivity index (χ3n) is 6.72. The number of nitrogens with one attached hydrogen (secondary N) is 2. The van der Waals surface area contributed by atoms with Gasteiger partial charge in [-0.2, -0.15) is 0 Å². The molecule has 0 radical (unpaired) electrons. The van der Waals surface area contributed by atoms with Crippen molar-refractivity contribution in [2.45, 2.75) is 36.7 Å². The van der Waals surface area contributed by atoms with Crippen LogP contribution in [0.5, 0.6) is 11.5 Å². The summed E-state index contributed by atoms with van der Waals surface area (Å²) >= 11 is 3.77. The molecule has 2 heterocycles. The molecule has 1 aliphatic rings. The number of amides is 2. The number of benzene rings is 3. The van der Waals surface area contributed by atoms with E-state index < -0.39 is 12.1 Å². The van der Waals surface area contributed by atoms with Gasteiger partial charge >= 0.3 is 0 Å². The van der Waals surface area contributed by atoms with Gasteiger partial charge in [0.25, 0.3) is 11.8 Å². The van der Waals surface area contributed by atoms with Gasteiger partial charge in [-0.3, -0.25) is 15.0 Å². The van der Waals surface area contributed by atoms with Gasteiger partial charge in [-0.15, -0.1) is 11.8 Å². The molecule has 4 aromatic rings. The second-order valence-electron chi connectivity index (χ2n) is 9.61. The number of aromatic nitrogens is 1. The minimum atomic E-state index is -0.657. The Bertz CT molecular complexity index is 1550. The van der Waals surface area contributed by atoms with E-state index >= 15 is 0 Å². The van der Waals surface area contributed by atoms with Crippen LogP contribution in [-0.4, -0.2) is 35.5 Å². The summed E-state index contributed by atoms with van der Waals surface area (Å²) < 4.78 is 12.3. The third-order valence-corrected chi connectivity index (χ3v) is 8.38. The number of ether oxygens (including phenoxy) is 2. The number of thioether (sulfide) groups is 1. The molecule has 0 saturated carbocycles. The molecule has 1 aliphatic heterocycles. The lowest BCUT2D eigenvalue weighted by Gasteiger charge is -2.38. The Kier molecular flexibility index (Phi) is 9.85. The highest BCUT2D eigenvalue weighted by atomic mass is 127. The van der Waals surface area contributed by atoms with Gasteiger partial charge in [-0.25, -0.2) is 9.99 Å². The van der Waals surface area contributed by atoms with Gasteiger partial charge in [0.05, 0.1) is 24.3 Å². The average Bonchev–Trinajstić information content (AvgIpc) is 3.02. The number of pyridine rings is 1. The van der Waals surface area contributed by atoms with Gasteiger partial charge < -0.3 is 14.8 Å². The monoisotopic (exact) mass is 694 g/mol. The van der Waals surface area contributed by atoms with Gasteiger partial charge in [-0.05, 0) is 101 Å². The fourth-order valence-corrected chi connectivity index (χ4v) is 5.83. The second kappa shape index (κ2) is 13.9. The molecule has 8 nitrogen and oxygen atoms in total. The Balaban J connectivity index is 1.43. The first kappa shape index (κ1) is 29.7. The number of unbranched alkanes of at least 4 members (excludes halogenated alkanes) is 1. The largest absolute Gasteiger partial charge is 0.496 e. The number of carbonyl (C=O) groups excluding carboxylic acids is 2. The van der Waals surface area contributed by atoms with Crippen LogP contribution in [0.2, 0.25) is 0 Å². The summed E-state index contributed by atoms with van der Waals surface area (Å²) in [5.74, 6) is 1.34. The molecule has 0 spiro atoms. The number of nitrogens with zero attached hydrogens (tertiary/aromatic N) is 2. The standard InChI is InChI=1S/C32H31IN4O4S/c1-3-4-17-41-25-12-8-21(9-13-25)31(38)36-37-30(35-27-14-11-24(33)19-26(27)32(37)39)22-10-15-28(40-2)23(18-22)20-42-29-7-5-6-16-34-29/h5-16,18-19,30,35H,3-4,17,20H2,1-2H3,(H,36,38). The molecule has 2 amide bonds. The van der Waals surface area contributed by atoms with E-state index in [2.05, 4.69) is 45.2 Å². The smallest absolute Gasteiger partial charge is 0.276 e. The summed E-state index contributed by atoms with van der Waals surface area (Å²) in [7, 11) is 1.64. The van der Waals surface area contributed by atoms with E-state index in [1.165, 1.54) is 5.01 Å². The summed E-state index contributed by atoms with van der Waals surface area (Å²) in [4.78, 5) is 31.7. The molecule has 216 valence electrons. The summed E-state index contributed by atoms with van der Waals surface area (Å²) in [5, 5.41) is 5.72. The van der Waals surface area contributed by atoms with E-state index in [4.69, 9.17) is 9.47 Å². The number of halogens is 1. The molecule has 10 heteroatoms. The summed E-state index contributed by atoms with van der Waals surface area (Å²) in [6.45, 7) is 2.73. The lowest BCUT2D eigenvalue weighted by Crippen LogP contribution is -2.52. The van der Waals surface area contributed by atoms with Crippen molar-refractivity contribution in [3.05, 3.63) is 111 Å². The van der Waals surface area contributed by atoms with Crippen LogP contribution in [0, 0.1) is 3.57 Å². The molecule has 0 saturated heterocycles. The van der Waals surface area contributed by atoms with Gasteiger partial charge in [0.1, 0.15) is 17.7 Å². The Labute approximate surface area is 263 Å². The molecule has 3 aromatic carbocycles. The van der Waals surface area contributed by atoms with E-state index in [1.54, 1.807) is 49.3 Å². The Morgan fingerprint density at radius 1 is 1.10 bits per heavy atom. The molecular weight excluding hydrogens is 663 g/mol. The Hall–Kier alpha value is -3.77. The number of hydrogen-bond acceptors (Lipinski definition) is 7. The van der Waals surface area contributed by atoms with Gasteiger partial charge in [0.2, 0.25) is 0 Å². The van der Waals surface area contributed by atoms with Crippen molar-refractivity contribution >= 4 is 51.9 Å². The highest BCUT2D eigenvalue weighted by molar-refractivity contribution is 14.1. The Morgan fingerprint density at radius 3 is 2.67 bits per heavy atom. The predicted molar refractivity (Wildman–Crippen MR) is 173 cm³/mol. The minimum Gasteiger partial charge on any atom is -0.496 e. The van der Waals surface area contributed by atoms with E-state index in [0.717, 1.165) is 38.3 Å². The number of methoxy groups -OCH3 is 1. The van der Waals surface area contributed by atoms with Gasteiger partial charge in [-0.1, -0.05) is 25.5 Å². The fourth-order valence-electron chi connectivity index (χ4n) is 4.50. The first-order chi connectivity index (χ1) is 20.5. The van der Waals surface area contributed by atoms with Gasteiger partial charge in [0.15, 0.2) is 0 Å². The van der Waals surface area contributed by atoms with Crippen LogP contribution < -0.4 is 20.2 Å².